The largest absolute Gasteiger partial charge is 1.00 e. The van der Waals surface area contributed by atoms with Crippen molar-refractivity contribution in [3.05, 3.63) is 0 Å². The molecule has 0 aromatic rings. The molecule has 1 rings (SSSR count). The quantitative estimate of drug-likeness (QED) is 0.604. The molecule has 0 radical (unpaired) electrons. The molecule has 0 aromatic heterocycles. The van der Waals surface area contributed by atoms with Crippen LogP contribution in [0.3, 0.4) is 0 Å². The molecule has 0 atom stereocenters. The summed E-state index contributed by atoms with van der Waals surface area (Å²) in [6.07, 6.45) is 4.07. The van der Waals surface area contributed by atoms with Crippen LogP contribution in [0.5, 0.6) is 0 Å². The molecule has 0 aromatic carbocycles. The fourth-order valence-electron chi connectivity index (χ4n) is 1.92. The maximum Gasteiger partial charge on any atom is 1.00 e. The Hall–Kier alpha value is 2.01. The number of rotatable bonds is 1. The van der Waals surface area contributed by atoms with Gasteiger partial charge in [-0.1, -0.05) is 46.5 Å². The van der Waals surface area contributed by atoms with Gasteiger partial charge in [-0.25, -0.2) is 0 Å². The van der Waals surface area contributed by atoms with E-state index in [1.165, 1.54) is 0 Å². The minimum Gasteiger partial charge on any atom is -0.850 e. The van der Waals surface area contributed by atoms with E-state index < -0.39 is 5.60 Å². The summed E-state index contributed by atoms with van der Waals surface area (Å²) >= 11 is 0. The van der Waals surface area contributed by atoms with Crippen LogP contribution in [-0.4, -0.2) is 5.60 Å². The van der Waals surface area contributed by atoms with Crippen LogP contribution in [-0.2, 0) is 0 Å². The fraction of sp³-hybridized carbons (Fsp3) is 1.00. The Balaban J connectivity index is 0.00000121. The second-order valence-corrected chi connectivity index (χ2v) is 4.53. The summed E-state index contributed by atoms with van der Waals surface area (Å²) in [6.45, 7) is 6.37. The van der Waals surface area contributed by atoms with Gasteiger partial charge in [0.2, 0.25) is 0 Å². The van der Waals surface area contributed by atoms with Gasteiger partial charge in [0.25, 0.3) is 0 Å². The first-order chi connectivity index (χ1) is 5.01. The van der Waals surface area contributed by atoms with E-state index in [9.17, 15) is 5.11 Å². The van der Waals surface area contributed by atoms with E-state index in [1.807, 2.05) is 6.92 Å². The van der Waals surface area contributed by atoms with E-state index >= 15 is 0 Å². The van der Waals surface area contributed by atoms with E-state index in [-0.39, 0.29) is 68.9 Å². The van der Waals surface area contributed by atoms with Gasteiger partial charge in [0, 0.05) is 0 Å². The molecule has 12 heavy (non-hydrogen) atoms. The summed E-state index contributed by atoms with van der Waals surface area (Å²) in [5.41, 5.74) is -0.606. The summed E-state index contributed by atoms with van der Waals surface area (Å²) in [5.74, 6) is 1.59. The second kappa shape index (κ2) is 5.79. The smallest absolute Gasteiger partial charge is 0.850 e. The van der Waals surface area contributed by atoms with E-state index in [4.69, 9.17) is 0 Å². The van der Waals surface area contributed by atoms with Crippen LogP contribution in [0.1, 0.15) is 46.5 Å². The molecule has 0 saturated heterocycles. The molecule has 66 valence electrons. The monoisotopic (exact) mass is 288 g/mol. The first-order valence-electron chi connectivity index (χ1n) is 4.72. The average Bonchev–Trinajstić information content (AvgIpc) is 1.86. The minimum atomic E-state index is -0.606. The predicted octanol–water partition coefficient (Wildman–Crippen LogP) is -1.04. The minimum absolute atomic E-state index is 0. The Morgan fingerprint density at radius 1 is 1.25 bits per heavy atom. The Morgan fingerprint density at radius 2 is 1.67 bits per heavy atom. The van der Waals surface area contributed by atoms with Crippen molar-refractivity contribution < 1.29 is 74.0 Å². The summed E-state index contributed by atoms with van der Waals surface area (Å²) in [5, 5.41) is 11.5. The second-order valence-electron chi connectivity index (χ2n) is 4.53. The third-order valence-corrected chi connectivity index (χ3v) is 3.03. The first kappa shape index (κ1) is 14.0. The number of hydrogen-bond donors (Lipinski definition) is 0. The molecular weight excluding hydrogens is 269 g/mol. The molecule has 1 fully saturated rings. The molecule has 2 heteroatoms. The van der Waals surface area contributed by atoms with Crippen molar-refractivity contribution >= 4 is 0 Å². The third-order valence-electron chi connectivity index (χ3n) is 3.03. The van der Waals surface area contributed by atoms with Crippen molar-refractivity contribution in [2.45, 2.75) is 52.1 Å². The fourth-order valence-corrected chi connectivity index (χ4v) is 1.92. The molecule has 1 saturated carbocycles. The van der Waals surface area contributed by atoms with Crippen molar-refractivity contribution in [2.24, 2.45) is 11.8 Å². The van der Waals surface area contributed by atoms with E-state index in [0.29, 0.717) is 0 Å². The predicted molar refractivity (Wildman–Crippen MR) is 45.2 cm³/mol. The van der Waals surface area contributed by atoms with E-state index in [1.54, 1.807) is 0 Å². The summed E-state index contributed by atoms with van der Waals surface area (Å²) in [7, 11) is 0. The average molecular weight is 288 g/mol. The number of hydrogen-bond acceptors (Lipinski definition) is 1. The molecule has 1 nitrogen and oxygen atoms in total. The van der Waals surface area contributed by atoms with Crippen LogP contribution in [0.4, 0.5) is 0 Å². The van der Waals surface area contributed by atoms with Crippen molar-refractivity contribution in [1.29, 1.82) is 0 Å². The standard InChI is InChI=1S/C10H19O.Cs/c1-8(2)9-4-6-10(3,11)7-5-9;/h8-9H,4-7H2,1-3H3;/q-1;+1. The van der Waals surface area contributed by atoms with Gasteiger partial charge < -0.3 is 5.11 Å². The van der Waals surface area contributed by atoms with Crippen molar-refractivity contribution in [3.8, 4) is 0 Å². The van der Waals surface area contributed by atoms with E-state index in [0.717, 1.165) is 37.5 Å². The zero-order valence-electron chi connectivity index (χ0n) is 8.89. The molecule has 0 bridgehead atoms. The molecule has 0 aliphatic heterocycles. The first-order valence-corrected chi connectivity index (χ1v) is 4.72. The molecule has 0 unspecified atom stereocenters. The maximum atomic E-state index is 11.5. The van der Waals surface area contributed by atoms with Gasteiger partial charge in [-0.3, -0.25) is 0 Å². The molecule has 1 aliphatic carbocycles. The van der Waals surface area contributed by atoms with Crippen molar-refractivity contribution in [1.82, 2.24) is 0 Å². The van der Waals surface area contributed by atoms with Crippen LogP contribution in [0.25, 0.3) is 0 Å². The van der Waals surface area contributed by atoms with Gasteiger partial charge in [0.15, 0.2) is 0 Å². The van der Waals surface area contributed by atoms with Gasteiger partial charge in [0.05, 0.1) is 0 Å². The Labute approximate surface area is 135 Å². The normalized spacial score (nSPS) is 36.2. The zero-order valence-corrected chi connectivity index (χ0v) is 15.2. The van der Waals surface area contributed by atoms with Gasteiger partial charge in [0.1, 0.15) is 0 Å². The third kappa shape index (κ3) is 4.49. The van der Waals surface area contributed by atoms with Crippen LogP contribution in [0, 0.1) is 11.8 Å². The van der Waals surface area contributed by atoms with Crippen LogP contribution in [0.15, 0.2) is 0 Å². The molecule has 0 amide bonds. The zero-order chi connectivity index (χ0) is 8.48. The van der Waals surface area contributed by atoms with Crippen LogP contribution >= 0.6 is 0 Å². The summed E-state index contributed by atoms with van der Waals surface area (Å²) in [4.78, 5) is 0. The molecule has 1 aliphatic rings. The molecule has 0 spiro atoms. The van der Waals surface area contributed by atoms with Crippen molar-refractivity contribution in [2.75, 3.05) is 0 Å². The Morgan fingerprint density at radius 3 is 2.00 bits per heavy atom. The molecular formula is C10H19CsO. The van der Waals surface area contributed by atoms with Crippen LogP contribution < -0.4 is 74.0 Å². The Kier molecular flexibility index (Phi) is 6.76. The summed E-state index contributed by atoms with van der Waals surface area (Å²) < 4.78 is 0. The van der Waals surface area contributed by atoms with Gasteiger partial charge >= 0.3 is 68.9 Å². The molecule has 0 heterocycles. The maximum absolute atomic E-state index is 11.5. The van der Waals surface area contributed by atoms with Gasteiger partial charge in [-0.05, 0) is 11.8 Å². The van der Waals surface area contributed by atoms with Gasteiger partial charge in [-0.15, -0.1) is 5.60 Å². The Bertz CT molecular complexity index is 122. The SMILES string of the molecule is CC(C)C1CCC(C)([O-])CC1.[Cs+]. The van der Waals surface area contributed by atoms with Gasteiger partial charge in [-0.2, -0.15) is 0 Å². The van der Waals surface area contributed by atoms with E-state index in [2.05, 4.69) is 13.8 Å². The topological polar surface area (TPSA) is 23.1 Å². The summed E-state index contributed by atoms with van der Waals surface area (Å²) in [6, 6.07) is 0. The molecule has 0 N–H and O–H groups in total. The van der Waals surface area contributed by atoms with Crippen LogP contribution in [0.2, 0.25) is 0 Å². The van der Waals surface area contributed by atoms with Crippen molar-refractivity contribution in [3.63, 3.8) is 0 Å².